The van der Waals surface area contributed by atoms with Crippen molar-refractivity contribution in [2.45, 2.75) is 6.92 Å². The van der Waals surface area contributed by atoms with Gasteiger partial charge < -0.3 is 4.57 Å². The minimum atomic E-state index is -3.32. The quantitative estimate of drug-likeness (QED) is 0.135. The number of benzene rings is 9. The lowest BCUT2D eigenvalue weighted by atomic mass is 9.84. The molecule has 1 aromatic heterocycles. The number of rotatable bonds is 4. The van der Waals surface area contributed by atoms with E-state index in [-0.39, 0.29) is 0 Å². The summed E-state index contributed by atoms with van der Waals surface area (Å²) in [6, 6.07) is 64.3. The van der Waals surface area contributed by atoms with Gasteiger partial charge in [-0.25, -0.2) is 4.98 Å². The zero-order valence-electron chi connectivity index (χ0n) is 29.6. The first-order chi connectivity index (χ1) is 26.6. The van der Waals surface area contributed by atoms with Gasteiger partial charge in [0.1, 0.15) is 5.82 Å². The number of hydrogen-bond acceptors (Lipinski definition) is 2. The largest absolute Gasteiger partial charge is 0.308 e. The standard InChI is InChI=1S/C50H33N2OP/c1-32-51-44-21-12-22-46-50(44)52(32)45-28-26-38(31-47(45)54(46,53)39-17-6-3-7-18-39)49-41-20-11-10-19-40(41)48(37-24-23-34-15-8-9-16-35(34)29-37)42-27-25-36(30-43(42)49)33-13-4-2-5-14-33/h2-31H,1H3. The summed E-state index contributed by atoms with van der Waals surface area (Å²) in [4.78, 5) is 4.94. The van der Waals surface area contributed by atoms with Gasteiger partial charge in [-0.15, -0.1) is 0 Å². The van der Waals surface area contributed by atoms with Crippen molar-refractivity contribution in [1.82, 2.24) is 9.55 Å². The van der Waals surface area contributed by atoms with Gasteiger partial charge in [-0.05, 0) is 109 Å². The maximum absolute atomic E-state index is 16.1. The van der Waals surface area contributed by atoms with Crippen LogP contribution in [0.3, 0.4) is 0 Å². The van der Waals surface area contributed by atoms with Crippen molar-refractivity contribution < 1.29 is 4.57 Å². The van der Waals surface area contributed by atoms with Crippen LogP contribution in [0.2, 0.25) is 0 Å². The van der Waals surface area contributed by atoms with Gasteiger partial charge in [-0.3, -0.25) is 4.57 Å². The van der Waals surface area contributed by atoms with Crippen LogP contribution < -0.4 is 15.9 Å². The van der Waals surface area contributed by atoms with Crippen LogP contribution in [-0.2, 0) is 4.57 Å². The van der Waals surface area contributed by atoms with Crippen molar-refractivity contribution >= 4 is 66.4 Å². The third kappa shape index (κ3) is 4.43. The minimum absolute atomic E-state index is 0.828. The fourth-order valence-corrected chi connectivity index (χ4v) is 11.9. The highest BCUT2D eigenvalue weighted by Crippen LogP contribution is 2.51. The summed E-state index contributed by atoms with van der Waals surface area (Å²) in [6.45, 7) is 2.04. The second-order valence-electron chi connectivity index (χ2n) is 14.3. The smallest absolute Gasteiger partial charge is 0.175 e. The third-order valence-electron chi connectivity index (χ3n) is 11.3. The molecule has 0 aliphatic carbocycles. The molecule has 0 saturated carbocycles. The Hall–Kier alpha value is -6.54. The number of imidazole rings is 1. The molecule has 0 N–H and O–H groups in total. The molecule has 11 rings (SSSR count). The molecular weight excluding hydrogens is 676 g/mol. The third-order valence-corrected chi connectivity index (χ3v) is 14.4. The normalized spacial score (nSPS) is 14.9. The summed E-state index contributed by atoms with van der Waals surface area (Å²) in [6.07, 6.45) is 0. The van der Waals surface area contributed by atoms with Crippen LogP contribution in [0, 0.1) is 6.92 Å². The summed E-state index contributed by atoms with van der Waals surface area (Å²) in [5.41, 5.74) is 9.62. The van der Waals surface area contributed by atoms with Crippen LogP contribution in [0.4, 0.5) is 0 Å². The molecule has 0 bridgehead atoms. The first kappa shape index (κ1) is 31.0. The maximum Gasteiger partial charge on any atom is 0.175 e. The Morgan fingerprint density at radius 2 is 1.09 bits per heavy atom. The van der Waals surface area contributed by atoms with E-state index in [0.717, 1.165) is 65.9 Å². The average molecular weight is 709 g/mol. The molecule has 1 aliphatic rings. The van der Waals surface area contributed by atoms with Gasteiger partial charge in [0, 0.05) is 15.9 Å². The first-order valence-electron chi connectivity index (χ1n) is 18.4. The van der Waals surface area contributed by atoms with E-state index in [1.807, 2.05) is 55.5 Å². The van der Waals surface area contributed by atoms with Crippen LogP contribution in [0.25, 0.3) is 82.4 Å². The fraction of sp³-hybridized carbons (Fsp3) is 0.0200. The highest BCUT2D eigenvalue weighted by molar-refractivity contribution is 7.86. The Morgan fingerprint density at radius 1 is 0.463 bits per heavy atom. The van der Waals surface area contributed by atoms with E-state index in [1.54, 1.807) is 0 Å². The predicted octanol–water partition coefficient (Wildman–Crippen LogP) is 11.7. The molecule has 9 aromatic carbocycles. The van der Waals surface area contributed by atoms with Gasteiger partial charge in [0.25, 0.3) is 0 Å². The van der Waals surface area contributed by atoms with E-state index in [9.17, 15) is 0 Å². The Kier molecular flexibility index (Phi) is 6.74. The Labute approximate surface area is 313 Å². The first-order valence-corrected chi connectivity index (χ1v) is 20.1. The van der Waals surface area contributed by atoms with Crippen LogP contribution in [-0.4, -0.2) is 9.55 Å². The van der Waals surface area contributed by atoms with E-state index >= 15 is 4.57 Å². The lowest BCUT2D eigenvalue weighted by Crippen LogP contribution is -2.33. The summed E-state index contributed by atoms with van der Waals surface area (Å²) in [7, 11) is -3.32. The molecule has 54 heavy (non-hydrogen) atoms. The van der Waals surface area contributed by atoms with Crippen LogP contribution in [0.5, 0.6) is 0 Å². The molecule has 254 valence electrons. The second kappa shape index (κ2) is 11.7. The lowest BCUT2D eigenvalue weighted by molar-refractivity contribution is 0.592. The maximum atomic E-state index is 16.1. The summed E-state index contributed by atoms with van der Waals surface area (Å²) in [5.74, 6) is 0.883. The van der Waals surface area contributed by atoms with Crippen molar-refractivity contribution in [3.05, 3.63) is 188 Å². The molecule has 0 radical (unpaired) electrons. The number of para-hydroxylation sites is 1. The molecule has 1 atom stereocenters. The van der Waals surface area contributed by atoms with E-state index in [2.05, 4.69) is 138 Å². The molecule has 4 heteroatoms. The fourth-order valence-electron chi connectivity index (χ4n) is 8.90. The zero-order valence-corrected chi connectivity index (χ0v) is 30.5. The van der Waals surface area contributed by atoms with E-state index < -0.39 is 7.14 Å². The topological polar surface area (TPSA) is 34.9 Å². The molecule has 0 saturated heterocycles. The number of fused-ring (bicyclic) bond motifs is 5. The van der Waals surface area contributed by atoms with Crippen LogP contribution in [0.1, 0.15) is 5.82 Å². The molecule has 10 aromatic rings. The van der Waals surface area contributed by atoms with Gasteiger partial charge in [0.15, 0.2) is 7.14 Å². The highest BCUT2D eigenvalue weighted by Gasteiger charge is 2.39. The van der Waals surface area contributed by atoms with Gasteiger partial charge in [-0.2, -0.15) is 0 Å². The van der Waals surface area contributed by atoms with E-state index in [4.69, 9.17) is 4.98 Å². The predicted molar refractivity (Wildman–Crippen MR) is 228 cm³/mol. The molecule has 3 nitrogen and oxygen atoms in total. The summed E-state index contributed by atoms with van der Waals surface area (Å²) in [5, 5.41) is 9.62. The van der Waals surface area contributed by atoms with Gasteiger partial charge in [0.05, 0.1) is 16.7 Å². The molecule has 2 heterocycles. The molecule has 1 aliphatic heterocycles. The SMILES string of the molecule is Cc1nc2cccc3c2n1-c1ccc(-c2c4ccccc4c(-c4ccc5ccccc5c4)c4ccc(-c5ccccc5)cc24)cc1P3(=O)c1ccccc1. The number of aryl methyl sites for hydroxylation is 1. The Bertz CT molecular complexity index is 3200. The number of nitrogens with zero attached hydrogens (tertiary/aromatic N) is 2. The van der Waals surface area contributed by atoms with Crippen LogP contribution in [0.15, 0.2) is 182 Å². The second-order valence-corrected chi connectivity index (χ2v) is 17.0. The average Bonchev–Trinajstić information content (AvgIpc) is 3.58. The minimum Gasteiger partial charge on any atom is -0.308 e. The zero-order chi connectivity index (χ0) is 36.0. The van der Waals surface area contributed by atoms with Crippen molar-refractivity contribution in [3.63, 3.8) is 0 Å². The van der Waals surface area contributed by atoms with E-state index in [1.165, 1.54) is 38.2 Å². The molecular formula is C50H33N2OP. The Balaban J connectivity index is 1.26. The van der Waals surface area contributed by atoms with Gasteiger partial charge in [0.2, 0.25) is 0 Å². The van der Waals surface area contributed by atoms with Crippen LogP contribution >= 0.6 is 7.14 Å². The highest BCUT2D eigenvalue weighted by atomic mass is 31.2. The van der Waals surface area contributed by atoms with Crippen molar-refractivity contribution in [3.8, 4) is 39.1 Å². The monoisotopic (exact) mass is 708 g/mol. The number of aromatic nitrogens is 2. The Morgan fingerprint density at radius 3 is 1.89 bits per heavy atom. The molecule has 0 fully saturated rings. The van der Waals surface area contributed by atoms with E-state index in [0.29, 0.717) is 0 Å². The molecule has 1 unspecified atom stereocenters. The summed E-state index contributed by atoms with van der Waals surface area (Å²) >= 11 is 0. The van der Waals surface area contributed by atoms with Crippen molar-refractivity contribution in [2.24, 2.45) is 0 Å². The summed E-state index contributed by atoms with van der Waals surface area (Å²) < 4.78 is 18.3. The van der Waals surface area contributed by atoms with Gasteiger partial charge >= 0.3 is 0 Å². The number of hydrogen-bond donors (Lipinski definition) is 0. The molecule has 0 spiro atoms. The molecule has 0 amide bonds. The van der Waals surface area contributed by atoms with Crippen molar-refractivity contribution in [2.75, 3.05) is 0 Å². The lowest BCUT2D eigenvalue weighted by Gasteiger charge is -2.29. The van der Waals surface area contributed by atoms with Gasteiger partial charge in [-0.1, -0.05) is 146 Å². The van der Waals surface area contributed by atoms with Crippen molar-refractivity contribution in [1.29, 1.82) is 0 Å².